The number of esters is 1. The summed E-state index contributed by atoms with van der Waals surface area (Å²) in [4.78, 5) is 27.1. The van der Waals surface area contributed by atoms with Gasteiger partial charge in [-0.15, -0.1) is 0 Å². The van der Waals surface area contributed by atoms with Crippen molar-refractivity contribution < 1.29 is 23.8 Å². The fourth-order valence-corrected chi connectivity index (χ4v) is 3.81. The molecule has 8 heteroatoms. The first kappa shape index (κ1) is 22.4. The average Bonchev–Trinajstić information content (AvgIpc) is 3.23. The summed E-state index contributed by atoms with van der Waals surface area (Å²) in [5, 5.41) is 4.55. The van der Waals surface area contributed by atoms with Crippen LogP contribution in [0.4, 0.5) is 0 Å². The van der Waals surface area contributed by atoms with E-state index in [1.807, 2.05) is 37.3 Å². The quantitative estimate of drug-likeness (QED) is 0.490. The number of ether oxygens (including phenoxy) is 3. The molecule has 1 aliphatic rings. The number of hydrogen-bond acceptors (Lipinski definition) is 6. The SMILES string of the molecule is CCOC(=O)c1nn(-c2ccccc2)c2c1CN(C(=O)COc1ccc(OCC)cc1)CC2. The van der Waals surface area contributed by atoms with E-state index < -0.39 is 5.97 Å². The van der Waals surface area contributed by atoms with Crippen LogP contribution >= 0.6 is 0 Å². The lowest BCUT2D eigenvalue weighted by Crippen LogP contribution is -2.39. The molecule has 0 N–H and O–H groups in total. The Morgan fingerprint density at radius 1 is 0.939 bits per heavy atom. The van der Waals surface area contributed by atoms with Gasteiger partial charge in [0.25, 0.3) is 5.91 Å². The molecule has 0 unspecified atom stereocenters. The highest BCUT2D eigenvalue weighted by Crippen LogP contribution is 2.26. The van der Waals surface area contributed by atoms with Crippen LogP contribution in [-0.2, 0) is 22.5 Å². The second kappa shape index (κ2) is 10.2. The minimum absolute atomic E-state index is 0.0924. The van der Waals surface area contributed by atoms with Crippen LogP contribution in [0.1, 0.15) is 35.6 Å². The van der Waals surface area contributed by atoms with Crippen molar-refractivity contribution in [2.24, 2.45) is 0 Å². The number of fused-ring (bicyclic) bond motifs is 1. The lowest BCUT2D eigenvalue weighted by Gasteiger charge is -2.27. The number of hydrogen-bond donors (Lipinski definition) is 0. The number of rotatable bonds is 8. The molecule has 3 aromatic rings. The molecule has 0 radical (unpaired) electrons. The van der Waals surface area contributed by atoms with Crippen LogP contribution < -0.4 is 9.47 Å². The third-order valence-electron chi connectivity index (χ3n) is 5.38. The second-order valence-electron chi connectivity index (χ2n) is 7.50. The third-order valence-corrected chi connectivity index (χ3v) is 5.38. The molecule has 33 heavy (non-hydrogen) atoms. The predicted octanol–water partition coefficient (Wildman–Crippen LogP) is 3.41. The smallest absolute Gasteiger partial charge is 0.359 e. The van der Waals surface area contributed by atoms with Gasteiger partial charge in [0.15, 0.2) is 12.3 Å². The summed E-state index contributed by atoms with van der Waals surface area (Å²) in [5.74, 6) is 0.704. The van der Waals surface area contributed by atoms with E-state index in [9.17, 15) is 9.59 Å². The Kier molecular flexibility index (Phi) is 6.92. The molecule has 1 amide bonds. The van der Waals surface area contributed by atoms with Gasteiger partial charge < -0.3 is 19.1 Å². The second-order valence-corrected chi connectivity index (χ2v) is 7.50. The molecule has 0 atom stereocenters. The fraction of sp³-hybridized carbons (Fsp3) is 0.320. The van der Waals surface area contributed by atoms with Crippen LogP contribution in [0.5, 0.6) is 11.5 Å². The van der Waals surface area contributed by atoms with Crippen LogP contribution in [-0.4, -0.2) is 52.9 Å². The molecule has 0 fully saturated rings. The van der Waals surface area contributed by atoms with Crippen LogP contribution in [0.25, 0.3) is 5.69 Å². The Bertz CT molecular complexity index is 1110. The molecule has 8 nitrogen and oxygen atoms in total. The van der Waals surface area contributed by atoms with Crippen molar-refractivity contribution >= 4 is 11.9 Å². The summed E-state index contributed by atoms with van der Waals surface area (Å²) in [7, 11) is 0. The predicted molar refractivity (Wildman–Crippen MR) is 122 cm³/mol. The molecule has 0 bridgehead atoms. The molecule has 172 valence electrons. The molecular weight excluding hydrogens is 422 g/mol. The number of nitrogens with zero attached hydrogens (tertiary/aromatic N) is 3. The monoisotopic (exact) mass is 449 g/mol. The Morgan fingerprint density at radius 2 is 1.64 bits per heavy atom. The van der Waals surface area contributed by atoms with Gasteiger partial charge in [-0.2, -0.15) is 5.10 Å². The Hall–Kier alpha value is -3.81. The van der Waals surface area contributed by atoms with Gasteiger partial charge in [-0.3, -0.25) is 4.79 Å². The highest BCUT2D eigenvalue weighted by atomic mass is 16.5. The lowest BCUT2D eigenvalue weighted by atomic mass is 10.0. The lowest BCUT2D eigenvalue weighted by molar-refractivity contribution is -0.134. The van der Waals surface area contributed by atoms with E-state index in [2.05, 4.69) is 5.10 Å². The van der Waals surface area contributed by atoms with E-state index in [1.165, 1.54) is 0 Å². The summed E-state index contributed by atoms with van der Waals surface area (Å²) in [6, 6.07) is 16.8. The minimum atomic E-state index is -0.483. The maximum Gasteiger partial charge on any atom is 0.359 e. The highest BCUT2D eigenvalue weighted by Gasteiger charge is 2.31. The van der Waals surface area contributed by atoms with Gasteiger partial charge >= 0.3 is 5.97 Å². The summed E-state index contributed by atoms with van der Waals surface area (Å²) >= 11 is 0. The molecule has 1 aromatic heterocycles. The standard InChI is InChI=1S/C25H27N3O5/c1-3-31-19-10-12-20(13-11-19)33-17-23(29)27-15-14-22-21(16-27)24(25(30)32-4-2)26-28(22)18-8-6-5-7-9-18/h5-13H,3-4,14-17H2,1-2H3. The molecule has 0 spiro atoms. The summed E-state index contributed by atoms with van der Waals surface area (Å²) in [5.41, 5.74) is 2.75. The first-order chi connectivity index (χ1) is 16.1. The van der Waals surface area contributed by atoms with Crippen LogP contribution in [0.15, 0.2) is 54.6 Å². The van der Waals surface area contributed by atoms with Gasteiger partial charge in [-0.25, -0.2) is 9.48 Å². The van der Waals surface area contributed by atoms with E-state index in [0.717, 1.165) is 22.7 Å². The number of amides is 1. The van der Waals surface area contributed by atoms with E-state index in [4.69, 9.17) is 14.2 Å². The minimum Gasteiger partial charge on any atom is -0.494 e. The first-order valence-electron chi connectivity index (χ1n) is 11.1. The topological polar surface area (TPSA) is 82.9 Å². The number of benzene rings is 2. The zero-order chi connectivity index (χ0) is 23.2. The third kappa shape index (κ3) is 5.00. The largest absolute Gasteiger partial charge is 0.494 e. The number of para-hydroxylation sites is 1. The van der Waals surface area contributed by atoms with Gasteiger partial charge in [0.2, 0.25) is 0 Å². The number of carbonyl (C=O) groups is 2. The summed E-state index contributed by atoms with van der Waals surface area (Å²) in [6.45, 7) is 5.22. The van der Waals surface area contributed by atoms with Gasteiger partial charge in [-0.05, 0) is 50.2 Å². The van der Waals surface area contributed by atoms with Crippen molar-refractivity contribution in [3.8, 4) is 17.2 Å². The van der Waals surface area contributed by atoms with Crippen LogP contribution in [0.2, 0.25) is 0 Å². The van der Waals surface area contributed by atoms with Crippen molar-refractivity contribution in [2.45, 2.75) is 26.8 Å². The van der Waals surface area contributed by atoms with Gasteiger partial charge in [0.05, 0.1) is 31.1 Å². The number of aromatic nitrogens is 2. The molecule has 0 saturated heterocycles. The molecule has 2 aromatic carbocycles. The summed E-state index contributed by atoms with van der Waals surface area (Å²) < 4.78 is 18.1. The van der Waals surface area contributed by atoms with Crippen molar-refractivity contribution in [2.75, 3.05) is 26.4 Å². The summed E-state index contributed by atoms with van der Waals surface area (Å²) in [6.07, 6.45) is 0.575. The molecule has 4 rings (SSSR count). The van der Waals surface area contributed by atoms with Crippen LogP contribution in [0, 0.1) is 0 Å². The Balaban J connectivity index is 1.50. The van der Waals surface area contributed by atoms with Gasteiger partial charge in [0, 0.05) is 18.5 Å². The molecular formula is C25H27N3O5. The zero-order valence-electron chi connectivity index (χ0n) is 18.8. The van der Waals surface area contributed by atoms with Crippen molar-refractivity contribution in [1.82, 2.24) is 14.7 Å². The van der Waals surface area contributed by atoms with Crippen molar-refractivity contribution in [3.05, 3.63) is 71.5 Å². The molecule has 0 saturated carbocycles. The van der Waals surface area contributed by atoms with Gasteiger partial charge in [0.1, 0.15) is 11.5 Å². The first-order valence-corrected chi connectivity index (χ1v) is 11.1. The molecule has 1 aliphatic heterocycles. The highest BCUT2D eigenvalue weighted by molar-refractivity contribution is 5.90. The fourth-order valence-electron chi connectivity index (χ4n) is 3.81. The maximum atomic E-state index is 12.9. The molecule has 0 aliphatic carbocycles. The van der Waals surface area contributed by atoms with E-state index in [1.54, 1.807) is 40.8 Å². The van der Waals surface area contributed by atoms with E-state index in [-0.39, 0.29) is 31.4 Å². The van der Waals surface area contributed by atoms with Crippen molar-refractivity contribution in [3.63, 3.8) is 0 Å². The average molecular weight is 450 g/mol. The van der Waals surface area contributed by atoms with Crippen LogP contribution in [0.3, 0.4) is 0 Å². The maximum absolute atomic E-state index is 12.9. The normalized spacial score (nSPS) is 12.7. The Morgan fingerprint density at radius 3 is 2.30 bits per heavy atom. The van der Waals surface area contributed by atoms with E-state index in [0.29, 0.717) is 25.3 Å². The van der Waals surface area contributed by atoms with Gasteiger partial charge in [-0.1, -0.05) is 18.2 Å². The molecule has 2 heterocycles. The van der Waals surface area contributed by atoms with Crippen molar-refractivity contribution in [1.29, 1.82) is 0 Å². The van der Waals surface area contributed by atoms with E-state index >= 15 is 0 Å². The Labute approximate surface area is 192 Å². The number of carbonyl (C=O) groups excluding carboxylic acids is 2. The zero-order valence-corrected chi connectivity index (χ0v) is 18.8.